The van der Waals surface area contributed by atoms with Gasteiger partial charge in [0, 0.05) is 96.9 Å². The number of ether oxygens (including phenoxy) is 12. The van der Waals surface area contributed by atoms with Gasteiger partial charge in [0.1, 0.15) is 34.9 Å². The van der Waals surface area contributed by atoms with Crippen molar-refractivity contribution in [1.82, 2.24) is 0 Å². The third-order valence-electron chi connectivity index (χ3n) is 24.4. The van der Waals surface area contributed by atoms with Crippen LogP contribution in [-0.4, -0.2) is 196 Å². The summed E-state index contributed by atoms with van der Waals surface area (Å²) in [6.45, 7) is 31.1. The minimum atomic E-state index is -0.545. The van der Waals surface area contributed by atoms with Crippen LogP contribution in [-0.2, 0) is 152 Å². The Morgan fingerprint density at radius 1 is 0.284 bits per heavy atom. The number of halogens is 6. The molecule has 11 aliphatic heterocycles. The SMILES string of the molecule is CC(C)OB(OC(C)C)c1ccc(F)cc1COC1CCCCO1.CC1(C)COB(c2ccc(F)cc2COC2CCCCO2)OC1.CC1(C)OB(c2ccc(F)cc2COC2CCCCO2)OC1(C)C.Fc1ccc(B2OCCCCO2)c(COC2CCCCO2)c1.Fc1ccc(B2OCCCO2)c(COC2CCCCO2)c1.Fc1ccc(B2OCCO2)c(COC2CCCCO2)c1. The summed E-state index contributed by atoms with van der Waals surface area (Å²) in [6.07, 6.45) is 20.0. The molecule has 0 N–H and O–H groups in total. The molecule has 17 rings (SSSR count). The fourth-order valence-corrected chi connectivity index (χ4v) is 16.3. The molecular weight excluding hydrogens is 1740 g/mol. The van der Waals surface area contributed by atoms with Crippen molar-refractivity contribution in [2.24, 2.45) is 5.41 Å². The van der Waals surface area contributed by atoms with Gasteiger partial charge in [0.25, 0.3) is 0 Å². The van der Waals surface area contributed by atoms with Gasteiger partial charge in [-0.1, -0.05) is 50.2 Å². The van der Waals surface area contributed by atoms with E-state index in [0.29, 0.717) is 79.3 Å². The first kappa shape index (κ1) is 107. The standard InChI is InChI=1S/C18H26BFO4.C18H28BFO4.C17H24BFO4.C16H22BFO4.C15H20BFO4.C14H18BFO4/c1-17(2)18(3,4)24-19(23-17)15-9-8-14(20)11-13(15)12-22-16-7-5-6-10-21-16;1-13(2)23-19(24-14(3)4)17-9-8-16(20)11-15(17)12-22-18-7-5-6-10-21-18;1-17(2)11-22-18(23-12-17)15-7-6-14(19)9-13(15)10-21-16-5-3-4-8-20-16;18-14-6-7-15(17-21-9-3-4-10-22-17)13(11-14)12-20-16-5-1-2-8-19-16;17-13-5-6-14(16-20-8-3-9-21-16)12(10-13)11-19-15-4-1-2-7-18-15;16-12-4-5-13(15-19-7-8-20-15)11(9-12)10-18-14-3-1-2-6-17-14/h8-9,11,16H,5-7,10,12H2,1-4H3;8-9,11,13-14,18H,5-7,10,12H2,1-4H3;6-7,9,16H,3-5,8,10-12H2,1-2H3;6-7,11,16H,1-5,8-10,12H2;5-6,10,15H,1-4,7-9,11H2;4-5,9,14H,1-3,6-8,10H2. The van der Waals surface area contributed by atoms with Crippen LogP contribution >= 0.6 is 0 Å². The number of benzene rings is 6. The molecule has 6 unspecified atom stereocenters. The van der Waals surface area contributed by atoms with E-state index >= 15 is 0 Å². The van der Waals surface area contributed by atoms with E-state index in [1.165, 1.54) is 72.8 Å². The highest BCUT2D eigenvalue weighted by atomic mass is 19.1. The van der Waals surface area contributed by atoms with Crippen LogP contribution < -0.4 is 32.8 Å². The summed E-state index contributed by atoms with van der Waals surface area (Å²) in [4.78, 5) is 0. The topological polar surface area (TPSA) is 222 Å². The molecule has 0 saturated carbocycles. The van der Waals surface area contributed by atoms with E-state index in [1.54, 1.807) is 36.4 Å². The molecule has 6 aromatic carbocycles. The smallest absolute Gasteiger partial charge is 0.407 e. The van der Waals surface area contributed by atoms with E-state index in [4.69, 9.17) is 113 Å². The summed E-state index contributed by atoms with van der Waals surface area (Å²) >= 11 is 0. The maximum atomic E-state index is 13.7. The van der Waals surface area contributed by atoms with Crippen molar-refractivity contribution in [3.63, 3.8) is 0 Å². The van der Waals surface area contributed by atoms with Gasteiger partial charge in [-0.2, -0.15) is 0 Å². The molecule has 0 amide bonds. The first-order valence-electron chi connectivity index (χ1n) is 48.4. The quantitative estimate of drug-likeness (QED) is 0.0329. The third kappa shape index (κ3) is 35.2. The first-order chi connectivity index (χ1) is 64.7. The van der Waals surface area contributed by atoms with Crippen molar-refractivity contribution in [3.8, 4) is 0 Å². The van der Waals surface area contributed by atoms with Gasteiger partial charge in [0.15, 0.2) is 37.7 Å². The molecule has 734 valence electrons. The second kappa shape index (κ2) is 55.5. The minimum absolute atomic E-state index is 0.00311. The molecule has 11 heterocycles. The van der Waals surface area contributed by atoms with Crippen molar-refractivity contribution in [1.29, 1.82) is 0 Å². The molecule has 0 bridgehead atoms. The predicted molar refractivity (Wildman–Crippen MR) is 499 cm³/mol. The third-order valence-corrected chi connectivity index (χ3v) is 24.4. The zero-order valence-electron chi connectivity index (χ0n) is 80.0. The zero-order valence-corrected chi connectivity index (χ0v) is 80.0. The maximum absolute atomic E-state index is 13.7. The summed E-state index contributed by atoms with van der Waals surface area (Å²) in [5.74, 6) is -1.71. The molecule has 11 saturated heterocycles. The number of hydrogen-bond acceptors (Lipinski definition) is 24. The Hall–Kier alpha value is -5.67. The van der Waals surface area contributed by atoms with Crippen LogP contribution in [0, 0.1) is 40.3 Å². The summed E-state index contributed by atoms with van der Waals surface area (Å²) in [6, 6.07) is 27.8. The molecule has 11 aliphatic rings. The van der Waals surface area contributed by atoms with Crippen LogP contribution in [0.1, 0.15) is 237 Å². The molecule has 36 heteroatoms. The van der Waals surface area contributed by atoms with Gasteiger partial charge in [0.05, 0.1) is 64.1 Å². The Labute approximate surface area is 790 Å². The fraction of sp³-hybridized carbons (Fsp3) is 0.633. The van der Waals surface area contributed by atoms with Crippen molar-refractivity contribution in [2.75, 3.05) is 92.5 Å². The maximum Gasteiger partial charge on any atom is 0.495 e. The first-order valence-corrected chi connectivity index (χ1v) is 48.4. The van der Waals surface area contributed by atoms with Gasteiger partial charge in [-0.25, -0.2) is 26.3 Å². The highest BCUT2D eigenvalue weighted by Crippen LogP contribution is 2.37. The lowest BCUT2D eigenvalue weighted by atomic mass is 9.73. The van der Waals surface area contributed by atoms with E-state index in [-0.39, 0.29) is 103 Å². The highest BCUT2D eigenvalue weighted by Gasteiger charge is 2.52. The van der Waals surface area contributed by atoms with Crippen LogP contribution in [0.2, 0.25) is 0 Å². The lowest BCUT2D eigenvalue weighted by Gasteiger charge is -2.33. The molecule has 0 radical (unpaired) electrons. The molecule has 6 aromatic rings. The molecule has 0 aliphatic carbocycles. The Balaban J connectivity index is 0.000000145. The van der Waals surface area contributed by atoms with Gasteiger partial charge >= 0.3 is 42.7 Å². The van der Waals surface area contributed by atoms with Crippen molar-refractivity contribution >= 4 is 75.5 Å². The second-order valence-electron chi connectivity index (χ2n) is 37.4. The van der Waals surface area contributed by atoms with Crippen molar-refractivity contribution in [3.05, 3.63) is 177 Å². The molecule has 11 fully saturated rings. The van der Waals surface area contributed by atoms with Crippen LogP contribution in [0.25, 0.3) is 0 Å². The van der Waals surface area contributed by atoms with E-state index in [0.717, 1.165) is 241 Å². The van der Waals surface area contributed by atoms with E-state index in [2.05, 4.69) is 13.8 Å². The second-order valence-corrected chi connectivity index (χ2v) is 37.4. The van der Waals surface area contributed by atoms with E-state index in [1.807, 2.05) is 55.4 Å². The Bertz CT molecular complexity index is 4300. The average Bonchev–Trinajstić information content (AvgIpc) is 1.61. The van der Waals surface area contributed by atoms with Crippen LogP contribution in [0.3, 0.4) is 0 Å². The summed E-state index contributed by atoms with van der Waals surface area (Å²) < 4.78 is 219. The summed E-state index contributed by atoms with van der Waals surface area (Å²) in [5, 5.41) is 0. The Morgan fingerprint density at radius 2 is 0.515 bits per heavy atom. The van der Waals surface area contributed by atoms with Crippen molar-refractivity contribution in [2.45, 2.75) is 305 Å². The van der Waals surface area contributed by atoms with Gasteiger partial charge in [-0.15, -0.1) is 0 Å². The average molecular weight is 1880 g/mol. The number of rotatable bonds is 28. The van der Waals surface area contributed by atoms with Crippen LogP contribution in [0.15, 0.2) is 109 Å². The van der Waals surface area contributed by atoms with E-state index < -0.39 is 53.9 Å². The van der Waals surface area contributed by atoms with Crippen molar-refractivity contribution < 1.29 is 139 Å². The largest absolute Gasteiger partial charge is 0.495 e. The molecule has 0 aromatic heterocycles. The van der Waals surface area contributed by atoms with E-state index in [9.17, 15) is 26.3 Å². The lowest BCUT2D eigenvalue weighted by molar-refractivity contribution is -0.169. The zero-order chi connectivity index (χ0) is 94.7. The summed E-state index contributed by atoms with van der Waals surface area (Å²) in [7, 11) is -2.81. The van der Waals surface area contributed by atoms with Crippen LogP contribution in [0.4, 0.5) is 26.3 Å². The molecule has 6 atom stereocenters. The minimum Gasteiger partial charge on any atom is -0.407 e. The monoisotopic (exact) mass is 1880 g/mol. The molecular formula is C98H138B6F6O24. The Morgan fingerprint density at radius 3 is 0.784 bits per heavy atom. The molecule has 24 nitrogen and oxygen atoms in total. The Kier molecular flexibility index (Phi) is 44.4. The predicted octanol–water partition coefficient (Wildman–Crippen LogP) is 15.2. The summed E-state index contributed by atoms with van der Waals surface area (Å²) in [5.41, 5.74) is 8.60. The van der Waals surface area contributed by atoms with Gasteiger partial charge in [0.2, 0.25) is 0 Å². The lowest BCUT2D eigenvalue weighted by Crippen LogP contribution is -2.48. The van der Waals surface area contributed by atoms with Gasteiger partial charge < -0.3 is 113 Å². The fourth-order valence-electron chi connectivity index (χ4n) is 16.3. The number of hydrogen-bond donors (Lipinski definition) is 0. The normalized spacial score (nSPS) is 23.1. The van der Waals surface area contributed by atoms with Gasteiger partial charge in [-0.05, 0) is 329 Å². The van der Waals surface area contributed by atoms with Gasteiger partial charge in [-0.3, -0.25) is 0 Å². The molecule has 134 heavy (non-hydrogen) atoms. The van der Waals surface area contributed by atoms with Crippen LogP contribution in [0.5, 0.6) is 0 Å². The molecule has 0 spiro atoms. The highest BCUT2D eigenvalue weighted by molar-refractivity contribution is 6.64.